The first-order chi connectivity index (χ1) is 12.1. The highest BCUT2D eigenvalue weighted by Crippen LogP contribution is 2.31. The molecule has 0 unspecified atom stereocenters. The third kappa shape index (κ3) is 3.18. The Kier molecular flexibility index (Phi) is 4.06. The Hall–Kier alpha value is -2.58. The van der Waals surface area contributed by atoms with Crippen LogP contribution in [0, 0.1) is 13.8 Å². The van der Waals surface area contributed by atoms with Gasteiger partial charge in [0.15, 0.2) is 0 Å². The summed E-state index contributed by atoms with van der Waals surface area (Å²) < 4.78 is 0. The van der Waals surface area contributed by atoms with Crippen molar-refractivity contribution in [3.63, 3.8) is 0 Å². The van der Waals surface area contributed by atoms with Gasteiger partial charge < -0.3 is 5.73 Å². The summed E-state index contributed by atoms with van der Waals surface area (Å²) in [6, 6.07) is 21.8. The zero-order valence-corrected chi connectivity index (χ0v) is 15.4. The number of fused-ring (bicyclic) bond motifs is 1. The summed E-state index contributed by atoms with van der Waals surface area (Å²) in [5, 5.41) is 4.85. The molecule has 0 saturated carbocycles. The van der Waals surface area contributed by atoms with E-state index in [0.29, 0.717) is 0 Å². The molecule has 4 rings (SSSR count). The second kappa shape index (κ2) is 6.38. The highest BCUT2D eigenvalue weighted by Gasteiger charge is 2.08. The zero-order chi connectivity index (χ0) is 17.4. The van der Waals surface area contributed by atoms with E-state index in [0.717, 1.165) is 17.7 Å². The van der Waals surface area contributed by atoms with Crippen LogP contribution in [0.3, 0.4) is 0 Å². The van der Waals surface area contributed by atoms with Crippen molar-refractivity contribution in [1.82, 2.24) is 0 Å². The minimum atomic E-state index is 0.878. The molecule has 25 heavy (non-hydrogen) atoms. The van der Waals surface area contributed by atoms with Crippen LogP contribution >= 0.6 is 11.3 Å². The van der Waals surface area contributed by atoms with Gasteiger partial charge in [-0.1, -0.05) is 42.5 Å². The van der Waals surface area contributed by atoms with Crippen molar-refractivity contribution in [3.8, 4) is 10.4 Å². The molecule has 0 aliphatic rings. The first kappa shape index (κ1) is 15.9. The summed E-state index contributed by atoms with van der Waals surface area (Å²) in [6.07, 6.45) is 0.955. The first-order valence-electron chi connectivity index (χ1n) is 8.52. The van der Waals surface area contributed by atoms with Crippen LogP contribution in [0.1, 0.15) is 22.3 Å². The Morgan fingerprint density at radius 3 is 2.48 bits per heavy atom. The Morgan fingerprint density at radius 2 is 1.64 bits per heavy atom. The van der Waals surface area contributed by atoms with E-state index in [1.165, 1.54) is 37.9 Å². The average molecular weight is 343 g/mol. The number of benzene rings is 3. The van der Waals surface area contributed by atoms with Gasteiger partial charge in [-0.2, -0.15) is 0 Å². The molecule has 0 bridgehead atoms. The summed E-state index contributed by atoms with van der Waals surface area (Å²) in [5.74, 6) is 0. The third-order valence-electron chi connectivity index (χ3n) is 4.81. The first-order valence-corrected chi connectivity index (χ1v) is 9.40. The lowest BCUT2D eigenvalue weighted by atomic mass is 9.98. The van der Waals surface area contributed by atoms with E-state index in [2.05, 4.69) is 79.9 Å². The minimum absolute atomic E-state index is 0.878. The van der Waals surface area contributed by atoms with Crippen LogP contribution in [0.4, 0.5) is 5.69 Å². The number of rotatable bonds is 3. The van der Waals surface area contributed by atoms with Crippen LogP contribution in [0.2, 0.25) is 0 Å². The molecule has 1 heterocycles. The van der Waals surface area contributed by atoms with Crippen molar-refractivity contribution in [2.45, 2.75) is 20.3 Å². The zero-order valence-electron chi connectivity index (χ0n) is 14.5. The van der Waals surface area contributed by atoms with E-state index < -0.39 is 0 Å². The van der Waals surface area contributed by atoms with Gasteiger partial charge in [0.25, 0.3) is 0 Å². The number of anilines is 1. The summed E-state index contributed by atoms with van der Waals surface area (Å²) in [7, 11) is 0. The van der Waals surface area contributed by atoms with E-state index >= 15 is 0 Å². The molecule has 0 radical (unpaired) electrons. The topological polar surface area (TPSA) is 26.0 Å². The fourth-order valence-corrected chi connectivity index (χ4v) is 4.18. The standard InChI is InChI=1S/C23H21NS/c1-15-10-22(24)16(2)9-21(15)11-17-12-23(25-14-17)20-8-7-18-5-3-4-6-19(18)13-20/h3-10,12-14H,11,24H2,1-2H3. The molecule has 0 fully saturated rings. The van der Waals surface area contributed by atoms with Crippen molar-refractivity contribution in [1.29, 1.82) is 0 Å². The molecule has 4 aromatic rings. The lowest BCUT2D eigenvalue weighted by Gasteiger charge is -2.08. The highest BCUT2D eigenvalue weighted by atomic mass is 32.1. The van der Waals surface area contributed by atoms with E-state index in [-0.39, 0.29) is 0 Å². The van der Waals surface area contributed by atoms with Crippen LogP contribution in [0.5, 0.6) is 0 Å². The maximum absolute atomic E-state index is 6.01. The average Bonchev–Trinajstić information content (AvgIpc) is 3.08. The number of aryl methyl sites for hydroxylation is 2. The van der Waals surface area contributed by atoms with Crippen LogP contribution in [0.15, 0.2) is 66.0 Å². The van der Waals surface area contributed by atoms with Crippen molar-refractivity contribution in [2.24, 2.45) is 0 Å². The van der Waals surface area contributed by atoms with E-state index in [1.54, 1.807) is 0 Å². The van der Waals surface area contributed by atoms with E-state index in [9.17, 15) is 0 Å². The molecule has 0 spiro atoms. The van der Waals surface area contributed by atoms with Gasteiger partial charge in [-0.3, -0.25) is 0 Å². The molecule has 1 aromatic heterocycles. The van der Waals surface area contributed by atoms with Crippen LogP contribution < -0.4 is 5.73 Å². The van der Waals surface area contributed by atoms with Gasteiger partial charge in [0, 0.05) is 10.6 Å². The Balaban J connectivity index is 1.64. The molecule has 2 N–H and O–H groups in total. The van der Waals surface area contributed by atoms with Crippen molar-refractivity contribution < 1.29 is 0 Å². The van der Waals surface area contributed by atoms with E-state index in [4.69, 9.17) is 5.73 Å². The van der Waals surface area contributed by atoms with Crippen LogP contribution in [0.25, 0.3) is 21.2 Å². The maximum Gasteiger partial charge on any atom is 0.0346 e. The molecule has 0 aliphatic carbocycles. The maximum atomic E-state index is 6.01. The lowest BCUT2D eigenvalue weighted by molar-refractivity contribution is 1.16. The minimum Gasteiger partial charge on any atom is -0.399 e. The van der Waals surface area contributed by atoms with Crippen molar-refractivity contribution in [3.05, 3.63) is 88.3 Å². The normalized spacial score (nSPS) is 11.1. The number of nitrogen functional groups attached to an aromatic ring is 1. The molecule has 1 nitrogen and oxygen atoms in total. The predicted molar refractivity (Wildman–Crippen MR) is 110 cm³/mol. The van der Waals surface area contributed by atoms with Crippen molar-refractivity contribution in [2.75, 3.05) is 5.73 Å². The number of hydrogen-bond acceptors (Lipinski definition) is 2. The molecular formula is C23H21NS. The molecule has 0 atom stereocenters. The van der Waals surface area contributed by atoms with Crippen LogP contribution in [-0.4, -0.2) is 0 Å². The van der Waals surface area contributed by atoms with Gasteiger partial charge >= 0.3 is 0 Å². The number of thiophene rings is 1. The number of hydrogen-bond donors (Lipinski definition) is 1. The highest BCUT2D eigenvalue weighted by molar-refractivity contribution is 7.13. The predicted octanol–water partition coefficient (Wildman–Crippen LogP) is 6.36. The van der Waals surface area contributed by atoms with E-state index in [1.807, 2.05) is 11.3 Å². The number of nitrogens with two attached hydrogens (primary N) is 1. The Labute approximate surface area is 152 Å². The summed E-state index contributed by atoms with van der Waals surface area (Å²) in [4.78, 5) is 1.32. The summed E-state index contributed by atoms with van der Waals surface area (Å²) in [5.41, 5.74) is 13.3. The molecule has 3 aromatic carbocycles. The molecule has 0 amide bonds. The molecule has 0 aliphatic heterocycles. The fraction of sp³-hybridized carbons (Fsp3) is 0.130. The molecule has 2 heteroatoms. The van der Waals surface area contributed by atoms with Gasteiger partial charge in [0.1, 0.15) is 0 Å². The van der Waals surface area contributed by atoms with Gasteiger partial charge in [0.2, 0.25) is 0 Å². The van der Waals surface area contributed by atoms with Gasteiger partial charge in [-0.25, -0.2) is 0 Å². The quantitative estimate of drug-likeness (QED) is 0.430. The lowest BCUT2D eigenvalue weighted by Crippen LogP contribution is -1.96. The molecule has 124 valence electrons. The summed E-state index contributed by atoms with van der Waals surface area (Å²) >= 11 is 1.82. The SMILES string of the molecule is Cc1cc(Cc2csc(-c3ccc4ccccc4c3)c2)c(C)cc1N. The summed E-state index contributed by atoms with van der Waals surface area (Å²) in [6.45, 7) is 4.22. The second-order valence-electron chi connectivity index (χ2n) is 6.69. The fourth-order valence-electron chi connectivity index (χ4n) is 3.27. The third-order valence-corrected chi connectivity index (χ3v) is 5.83. The largest absolute Gasteiger partial charge is 0.399 e. The smallest absolute Gasteiger partial charge is 0.0346 e. The second-order valence-corrected chi connectivity index (χ2v) is 7.60. The van der Waals surface area contributed by atoms with Crippen LogP contribution in [-0.2, 0) is 6.42 Å². The monoisotopic (exact) mass is 343 g/mol. The van der Waals surface area contributed by atoms with Crippen molar-refractivity contribution >= 4 is 27.8 Å². The van der Waals surface area contributed by atoms with Gasteiger partial charge in [0.05, 0.1) is 0 Å². The molecule has 0 saturated heterocycles. The Bertz CT molecular complexity index is 1060. The van der Waals surface area contributed by atoms with Gasteiger partial charge in [-0.15, -0.1) is 11.3 Å². The molecular weight excluding hydrogens is 322 g/mol. The Morgan fingerprint density at radius 1 is 0.840 bits per heavy atom. The van der Waals surface area contributed by atoms with Gasteiger partial charge in [-0.05, 0) is 82.4 Å².